The molecule has 0 aromatic heterocycles. The quantitative estimate of drug-likeness (QED) is 0.226. The van der Waals surface area contributed by atoms with Crippen LogP contribution in [0.5, 0.6) is 0 Å². The molecule has 0 bridgehead atoms. The molecule has 0 unspecified atom stereocenters. The van der Waals surface area contributed by atoms with Crippen molar-refractivity contribution in [2.24, 2.45) is 5.92 Å². The van der Waals surface area contributed by atoms with Crippen molar-refractivity contribution in [2.45, 2.75) is 214 Å². The molecular formula is C35H64Cl2P2. The van der Waals surface area contributed by atoms with Gasteiger partial charge in [-0.15, -0.1) is 0 Å². The second kappa shape index (κ2) is 11.1. The number of rotatable bonds is 9. The van der Waals surface area contributed by atoms with Crippen LogP contribution in [0.2, 0.25) is 0 Å². The molecule has 39 heavy (non-hydrogen) atoms. The second-order valence-corrected chi connectivity index (χ2v) is 32.3. The van der Waals surface area contributed by atoms with Gasteiger partial charge in [-0.1, -0.05) is 0 Å². The van der Waals surface area contributed by atoms with Crippen LogP contribution in [0.1, 0.15) is 175 Å². The van der Waals surface area contributed by atoms with E-state index < -0.39 is 11.9 Å². The zero-order valence-electron chi connectivity index (χ0n) is 26.2. The van der Waals surface area contributed by atoms with Crippen LogP contribution < -0.4 is 0 Å². The van der Waals surface area contributed by atoms with Crippen LogP contribution in [0, 0.1) is 5.92 Å². The van der Waals surface area contributed by atoms with Gasteiger partial charge in [0.25, 0.3) is 0 Å². The molecule has 0 aliphatic heterocycles. The van der Waals surface area contributed by atoms with E-state index in [1.807, 2.05) is 0 Å². The minimum atomic E-state index is -2.87. The Morgan fingerprint density at radius 1 is 0.410 bits per heavy atom. The van der Waals surface area contributed by atoms with Crippen molar-refractivity contribution in [3.8, 4) is 0 Å². The summed E-state index contributed by atoms with van der Waals surface area (Å²) in [5.41, 5.74) is 4.84. The van der Waals surface area contributed by atoms with Crippen LogP contribution >= 0.6 is 34.4 Å². The van der Waals surface area contributed by atoms with E-state index >= 15 is 0 Å². The van der Waals surface area contributed by atoms with Gasteiger partial charge in [-0.05, 0) is 0 Å². The zero-order chi connectivity index (χ0) is 27.4. The molecule has 0 heterocycles. The van der Waals surface area contributed by atoms with Crippen molar-refractivity contribution >= 4 is 34.4 Å². The van der Waals surface area contributed by atoms with Gasteiger partial charge in [-0.3, -0.25) is 0 Å². The van der Waals surface area contributed by atoms with Gasteiger partial charge in [0, 0.05) is 0 Å². The Balaban J connectivity index is 1.74. The Labute approximate surface area is 253 Å². The second-order valence-electron chi connectivity index (χ2n) is 16.3. The third-order valence-corrected chi connectivity index (χ3v) is 42.7. The molecule has 6 fully saturated rings. The summed E-state index contributed by atoms with van der Waals surface area (Å²) in [5, 5.41) is 0. The summed E-state index contributed by atoms with van der Waals surface area (Å²) in [6, 6.07) is 0. The van der Waals surface area contributed by atoms with E-state index in [0.717, 1.165) is 34.0 Å². The Morgan fingerprint density at radius 2 is 0.564 bits per heavy atom. The molecule has 0 aromatic carbocycles. The first-order chi connectivity index (χ1) is 18.7. The predicted molar refractivity (Wildman–Crippen MR) is 182 cm³/mol. The van der Waals surface area contributed by atoms with Crippen LogP contribution in [-0.2, 0) is 0 Å². The van der Waals surface area contributed by atoms with Gasteiger partial charge in [0.05, 0.1) is 0 Å². The molecular weight excluding hydrogens is 553 g/mol. The average Bonchev–Trinajstić information content (AvgIpc) is 3.80. The molecule has 0 N–H and O–H groups in total. The Bertz CT molecular complexity index is 697. The van der Waals surface area contributed by atoms with Crippen LogP contribution in [0.4, 0.5) is 0 Å². The Morgan fingerprint density at radius 3 is 0.692 bits per heavy atom. The molecule has 0 atom stereocenters. The fourth-order valence-electron chi connectivity index (χ4n) is 14.1. The fourth-order valence-corrected chi connectivity index (χ4v) is 47.4. The molecule has 6 rings (SSSR count). The van der Waals surface area contributed by atoms with Crippen molar-refractivity contribution in [1.82, 2.24) is 0 Å². The minimum absolute atomic E-state index is 0.179. The van der Waals surface area contributed by atoms with Gasteiger partial charge >= 0.3 is 254 Å². The van der Waals surface area contributed by atoms with Crippen molar-refractivity contribution in [1.29, 1.82) is 0 Å². The van der Waals surface area contributed by atoms with Gasteiger partial charge in [0.2, 0.25) is 0 Å². The summed E-state index contributed by atoms with van der Waals surface area (Å²) in [6.07, 6.45) is 34.6. The third-order valence-electron chi connectivity index (χ3n) is 15.4. The Kier molecular flexibility index (Phi) is 8.68. The van der Waals surface area contributed by atoms with Crippen molar-refractivity contribution in [3.05, 3.63) is 0 Å². The van der Waals surface area contributed by atoms with E-state index in [-0.39, 0.29) is 4.90 Å². The molecule has 6 aliphatic carbocycles. The van der Waals surface area contributed by atoms with E-state index in [1.165, 1.54) is 154 Å². The van der Waals surface area contributed by atoms with Gasteiger partial charge in [-0.25, -0.2) is 0 Å². The van der Waals surface area contributed by atoms with E-state index in [4.69, 9.17) is 0 Å². The van der Waals surface area contributed by atoms with Crippen LogP contribution in [-0.4, -0.2) is 38.9 Å². The summed E-state index contributed by atoms with van der Waals surface area (Å²) in [5.74, 6) is -5.13. The fraction of sp³-hybridized carbons (Fsp3) is 1.00. The van der Waals surface area contributed by atoms with Crippen molar-refractivity contribution < 1.29 is 0 Å². The summed E-state index contributed by atoms with van der Waals surface area (Å²) in [6.45, 7) is 8.35. The SMILES string of the molecule is CC(C)C(C)(P(Cl)(C1CCCC1)(C1CCCC1)C1CCCC1)P(Cl)(C1CCCC1)(C1CCCC1)C1CCCC1. The third kappa shape index (κ3) is 3.75. The summed E-state index contributed by atoms with van der Waals surface area (Å²) >= 11 is 19.2. The first-order valence-corrected chi connectivity index (χ1v) is 24.9. The monoisotopic (exact) mass is 616 g/mol. The van der Waals surface area contributed by atoms with Crippen LogP contribution in [0.3, 0.4) is 0 Å². The summed E-state index contributed by atoms with van der Waals surface area (Å²) in [4.78, 5) is 0.179. The van der Waals surface area contributed by atoms with Crippen molar-refractivity contribution in [2.75, 3.05) is 0 Å². The first kappa shape index (κ1) is 30.5. The van der Waals surface area contributed by atoms with Crippen LogP contribution in [0.15, 0.2) is 0 Å². The molecule has 0 spiro atoms. The number of hydrogen-bond acceptors (Lipinski definition) is 0. The molecule has 4 heteroatoms. The molecule has 228 valence electrons. The zero-order valence-corrected chi connectivity index (χ0v) is 29.5. The van der Waals surface area contributed by atoms with Crippen molar-refractivity contribution in [3.63, 3.8) is 0 Å². The van der Waals surface area contributed by atoms with Gasteiger partial charge in [0.15, 0.2) is 0 Å². The molecule has 0 amide bonds. The normalized spacial score (nSPS) is 31.7. The predicted octanol–water partition coefficient (Wildman–Crippen LogP) is 13.4. The average molecular weight is 618 g/mol. The Hall–Kier alpha value is 1.44. The van der Waals surface area contributed by atoms with Crippen LogP contribution in [0.25, 0.3) is 0 Å². The summed E-state index contributed by atoms with van der Waals surface area (Å²) < 4.78 is 0. The van der Waals surface area contributed by atoms with Gasteiger partial charge in [0.1, 0.15) is 0 Å². The molecule has 0 radical (unpaired) electrons. The van der Waals surface area contributed by atoms with E-state index in [9.17, 15) is 22.5 Å². The van der Waals surface area contributed by atoms with E-state index in [1.54, 1.807) is 0 Å². The molecule has 6 saturated carbocycles. The number of hydrogen-bond donors (Lipinski definition) is 0. The first-order valence-electron chi connectivity index (χ1n) is 18.2. The van der Waals surface area contributed by atoms with E-state index in [2.05, 4.69) is 20.8 Å². The molecule has 6 aliphatic rings. The maximum atomic E-state index is 9.61. The van der Waals surface area contributed by atoms with E-state index in [0.29, 0.717) is 5.92 Å². The maximum absolute atomic E-state index is 9.61. The van der Waals surface area contributed by atoms with Gasteiger partial charge in [-0.2, -0.15) is 0 Å². The van der Waals surface area contributed by atoms with Gasteiger partial charge < -0.3 is 0 Å². The number of halogens is 2. The molecule has 0 aromatic rings. The molecule has 0 nitrogen and oxygen atoms in total. The summed E-state index contributed by atoms with van der Waals surface area (Å²) in [7, 11) is 0. The standard InChI is InChI=1S/C35H64Cl2P2/c1-28(2)35(3,38(36,29-16-4-5-17-29,30-18-6-7-19-30)31-20-8-9-21-31)39(37,32-22-10-11-23-32,33-24-12-13-25-33)34-26-14-15-27-34/h28-34H,4-27H2,1-3H3. The molecule has 0 saturated heterocycles. The topological polar surface area (TPSA) is 0 Å².